The van der Waals surface area contributed by atoms with E-state index in [1.165, 1.54) is 0 Å². The van der Waals surface area contributed by atoms with Gasteiger partial charge in [0.05, 0.1) is 23.1 Å². The molecule has 7 heteroatoms. The number of amides is 2. The van der Waals surface area contributed by atoms with Gasteiger partial charge < -0.3 is 4.74 Å². The standard InChI is InChI=1S/C11H12Cl2N2O3/c1-2-18-11(17)15-14-10(16)6-7-3-4-8(12)9(13)5-7/h3-5H,2,6H2,1H3,(H,14,16)(H,15,17). The summed E-state index contributed by atoms with van der Waals surface area (Å²) in [5, 5.41) is 0.797. The molecule has 0 aliphatic heterocycles. The van der Waals surface area contributed by atoms with E-state index in [9.17, 15) is 9.59 Å². The van der Waals surface area contributed by atoms with Gasteiger partial charge in [-0.3, -0.25) is 10.2 Å². The van der Waals surface area contributed by atoms with Crippen molar-refractivity contribution in [3.05, 3.63) is 33.8 Å². The van der Waals surface area contributed by atoms with Gasteiger partial charge in [0, 0.05) is 0 Å². The van der Waals surface area contributed by atoms with Crippen LogP contribution in [-0.4, -0.2) is 18.6 Å². The van der Waals surface area contributed by atoms with Crippen molar-refractivity contribution >= 4 is 35.2 Å². The maximum absolute atomic E-state index is 11.5. The van der Waals surface area contributed by atoms with Crippen LogP contribution in [0.25, 0.3) is 0 Å². The topological polar surface area (TPSA) is 67.4 Å². The summed E-state index contributed by atoms with van der Waals surface area (Å²) in [4.78, 5) is 22.4. The molecule has 1 aromatic rings. The zero-order valence-electron chi connectivity index (χ0n) is 9.63. The average Bonchev–Trinajstić information content (AvgIpc) is 2.32. The monoisotopic (exact) mass is 290 g/mol. The molecule has 5 nitrogen and oxygen atoms in total. The zero-order valence-corrected chi connectivity index (χ0v) is 11.1. The van der Waals surface area contributed by atoms with Crippen LogP contribution in [0.15, 0.2) is 18.2 Å². The molecule has 0 spiro atoms. The fraction of sp³-hybridized carbons (Fsp3) is 0.273. The number of carbonyl (C=O) groups excluding carboxylic acids is 2. The second kappa shape index (κ2) is 7.08. The van der Waals surface area contributed by atoms with Crippen molar-refractivity contribution in [2.45, 2.75) is 13.3 Å². The number of carbonyl (C=O) groups is 2. The van der Waals surface area contributed by atoms with Crippen LogP contribution in [0.5, 0.6) is 0 Å². The van der Waals surface area contributed by atoms with Gasteiger partial charge in [-0.2, -0.15) is 0 Å². The van der Waals surface area contributed by atoms with Gasteiger partial charge in [-0.1, -0.05) is 29.3 Å². The number of hydrogen-bond donors (Lipinski definition) is 2. The molecule has 0 fully saturated rings. The van der Waals surface area contributed by atoms with Crippen molar-refractivity contribution in [2.75, 3.05) is 6.61 Å². The van der Waals surface area contributed by atoms with Gasteiger partial charge in [-0.05, 0) is 24.6 Å². The van der Waals surface area contributed by atoms with Crippen LogP contribution in [0.1, 0.15) is 12.5 Å². The first kappa shape index (κ1) is 14.6. The third-order valence-electron chi connectivity index (χ3n) is 1.93. The highest BCUT2D eigenvalue weighted by Gasteiger charge is 2.07. The van der Waals surface area contributed by atoms with E-state index in [4.69, 9.17) is 23.2 Å². The molecule has 1 aromatic carbocycles. The minimum atomic E-state index is -0.708. The Morgan fingerprint density at radius 3 is 2.56 bits per heavy atom. The van der Waals surface area contributed by atoms with Gasteiger partial charge in [0.15, 0.2) is 0 Å². The summed E-state index contributed by atoms with van der Waals surface area (Å²) in [5.41, 5.74) is 5.01. The molecule has 2 amide bonds. The summed E-state index contributed by atoms with van der Waals surface area (Å²) < 4.78 is 4.57. The van der Waals surface area contributed by atoms with Crippen LogP contribution >= 0.6 is 23.2 Å². The Kier molecular flexibility index (Phi) is 5.74. The lowest BCUT2D eigenvalue weighted by Gasteiger charge is -2.07. The molecule has 0 aromatic heterocycles. The normalized spacial score (nSPS) is 9.72. The van der Waals surface area contributed by atoms with E-state index in [1.54, 1.807) is 25.1 Å². The molecule has 2 N–H and O–H groups in total. The first-order chi connectivity index (χ1) is 8.52. The van der Waals surface area contributed by atoms with Gasteiger partial charge in [-0.15, -0.1) is 0 Å². The summed E-state index contributed by atoms with van der Waals surface area (Å²) in [5.74, 6) is -0.388. The molecule has 98 valence electrons. The van der Waals surface area contributed by atoms with Crippen LogP contribution < -0.4 is 10.9 Å². The van der Waals surface area contributed by atoms with Gasteiger partial charge >= 0.3 is 6.09 Å². The first-order valence-corrected chi connectivity index (χ1v) is 5.94. The van der Waals surface area contributed by atoms with Crippen molar-refractivity contribution in [1.29, 1.82) is 0 Å². The quantitative estimate of drug-likeness (QED) is 0.840. The lowest BCUT2D eigenvalue weighted by Crippen LogP contribution is -2.42. The number of rotatable bonds is 3. The van der Waals surface area contributed by atoms with E-state index in [0.717, 1.165) is 0 Å². The molecular formula is C11H12Cl2N2O3. The van der Waals surface area contributed by atoms with Crippen molar-refractivity contribution < 1.29 is 14.3 Å². The van der Waals surface area contributed by atoms with Crippen molar-refractivity contribution in [3.8, 4) is 0 Å². The van der Waals surface area contributed by atoms with Crippen LogP contribution in [0.2, 0.25) is 10.0 Å². The highest BCUT2D eigenvalue weighted by Crippen LogP contribution is 2.22. The molecule has 0 unspecified atom stereocenters. The maximum atomic E-state index is 11.5. The number of benzene rings is 1. The van der Waals surface area contributed by atoms with Crippen LogP contribution in [-0.2, 0) is 16.0 Å². The fourth-order valence-electron chi connectivity index (χ4n) is 1.17. The Hall–Kier alpha value is -1.46. The highest BCUT2D eigenvalue weighted by atomic mass is 35.5. The molecular weight excluding hydrogens is 279 g/mol. The molecule has 0 radical (unpaired) electrons. The zero-order chi connectivity index (χ0) is 13.5. The number of hydrazine groups is 1. The SMILES string of the molecule is CCOC(=O)NNC(=O)Cc1ccc(Cl)c(Cl)c1. The Bertz CT molecular complexity index is 452. The van der Waals surface area contributed by atoms with Gasteiger partial charge in [-0.25, -0.2) is 10.2 Å². The van der Waals surface area contributed by atoms with Gasteiger partial charge in [0.25, 0.3) is 0 Å². The third-order valence-corrected chi connectivity index (χ3v) is 2.67. The van der Waals surface area contributed by atoms with E-state index in [0.29, 0.717) is 15.6 Å². The van der Waals surface area contributed by atoms with Gasteiger partial charge in [0.2, 0.25) is 5.91 Å². The van der Waals surface area contributed by atoms with Crippen molar-refractivity contribution in [2.24, 2.45) is 0 Å². The number of nitrogens with one attached hydrogen (secondary N) is 2. The maximum Gasteiger partial charge on any atom is 0.426 e. The molecule has 0 heterocycles. The molecule has 1 rings (SSSR count). The lowest BCUT2D eigenvalue weighted by molar-refractivity contribution is -0.121. The highest BCUT2D eigenvalue weighted by molar-refractivity contribution is 6.42. The Morgan fingerprint density at radius 1 is 1.22 bits per heavy atom. The second-order valence-electron chi connectivity index (χ2n) is 3.32. The second-order valence-corrected chi connectivity index (χ2v) is 4.13. The van der Waals surface area contributed by atoms with Crippen molar-refractivity contribution in [3.63, 3.8) is 0 Å². The first-order valence-electron chi connectivity index (χ1n) is 5.18. The fourth-order valence-corrected chi connectivity index (χ4v) is 1.49. The largest absolute Gasteiger partial charge is 0.449 e. The van der Waals surface area contributed by atoms with E-state index < -0.39 is 6.09 Å². The summed E-state index contributed by atoms with van der Waals surface area (Å²) in [6, 6.07) is 4.87. The molecule has 0 saturated heterocycles. The molecule has 0 aliphatic carbocycles. The molecule has 0 aliphatic rings. The van der Waals surface area contributed by atoms with Crippen molar-refractivity contribution in [1.82, 2.24) is 10.9 Å². The van der Waals surface area contributed by atoms with Gasteiger partial charge in [0.1, 0.15) is 0 Å². The van der Waals surface area contributed by atoms with Crippen LogP contribution in [0.4, 0.5) is 4.79 Å². The Balaban J connectivity index is 2.44. The average molecular weight is 291 g/mol. The number of ether oxygens (including phenoxy) is 1. The Labute approximate surface area is 114 Å². The predicted molar refractivity (Wildman–Crippen MR) is 68.5 cm³/mol. The van der Waals surface area contributed by atoms with E-state index in [-0.39, 0.29) is 18.9 Å². The third kappa shape index (κ3) is 4.81. The van der Waals surface area contributed by atoms with E-state index in [1.807, 2.05) is 0 Å². The van der Waals surface area contributed by atoms with Crippen LogP contribution in [0, 0.1) is 0 Å². The summed E-state index contributed by atoms with van der Waals surface area (Å²) in [7, 11) is 0. The van der Waals surface area contributed by atoms with Crippen LogP contribution in [0.3, 0.4) is 0 Å². The lowest BCUT2D eigenvalue weighted by atomic mass is 10.1. The minimum Gasteiger partial charge on any atom is -0.449 e. The minimum absolute atomic E-state index is 0.0727. The predicted octanol–water partition coefficient (Wildman–Crippen LogP) is 2.31. The molecule has 0 bridgehead atoms. The summed E-state index contributed by atoms with van der Waals surface area (Å²) in [6.45, 7) is 1.89. The Morgan fingerprint density at radius 2 is 1.94 bits per heavy atom. The van der Waals surface area contributed by atoms with E-state index in [2.05, 4.69) is 15.6 Å². The molecule has 18 heavy (non-hydrogen) atoms. The molecule has 0 atom stereocenters. The smallest absolute Gasteiger partial charge is 0.426 e. The summed E-state index contributed by atoms with van der Waals surface area (Å²) in [6.07, 6.45) is -0.636. The summed E-state index contributed by atoms with van der Waals surface area (Å²) >= 11 is 11.6. The number of halogens is 2. The number of hydrogen-bond acceptors (Lipinski definition) is 3. The molecule has 0 saturated carbocycles. The van der Waals surface area contributed by atoms with E-state index >= 15 is 0 Å².